The van der Waals surface area contributed by atoms with E-state index in [0.29, 0.717) is 13.0 Å². The van der Waals surface area contributed by atoms with E-state index < -0.39 is 0 Å². The predicted molar refractivity (Wildman–Crippen MR) is 59.5 cm³/mol. The largest absolute Gasteiger partial charge is 0.466 e. The Balaban J connectivity index is 2.89. The fourth-order valence-corrected chi connectivity index (χ4v) is 1.47. The second-order valence-electron chi connectivity index (χ2n) is 3.86. The van der Waals surface area contributed by atoms with Crippen LogP contribution in [0.4, 0.5) is 4.39 Å². The number of halogens is 1. The highest BCUT2D eigenvalue weighted by molar-refractivity contribution is 5.65. The molecular formula is C12H23FO2. The van der Waals surface area contributed by atoms with E-state index >= 15 is 0 Å². The van der Waals surface area contributed by atoms with Gasteiger partial charge < -0.3 is 4.74 Å². The molecule has 0 unspecified atom stereocenters. The van der Waals surface area contributed by atoms with Crippen LogP contribution >= 0.6 is 0 Å². The molecule has 0 fully saturated rings. The Kier molecular flexibility index (Phi) is 11.0. The van der Waals surface area contributed by atoms with Crippen LogP contribution < -0.4 is 0 Å². The van der Waals surface area contributed by atoms with Gasteiger partial charge in [-0.3, -0.25) is 9.18 Å². The van der Waals surface area contributed by atoms with E-state index in [-0.39, 0.29) is 12.6 Å². The maximum absolute atomic E-state index is 11.7. The van der Waals surface area contributed by atoms with Crippen molar-refractivity contribution < 1.29 is 13.9 Å². The summed E-state index contributed by atoms with van der Waals surface area (Å²) in [6.45, 7) is 1.81. The van der Waals surface area contributed by atoms with Crippen molar-refractivity contribution in [2.75, 3.05) is 13.3 Å². The van der Waals surface area contributed by atoms with Crippen molar-refractivity contribution in [2.45, 2.75) is 58.3 Å². The molecule has 0 bridgehead atoms. The van der Waals surface area contributed by atoms with Crippen molar-refractivity contribution >= 4 is 5.97 Å². The van der Waals surface area contributed by atoms with Gasteiger partial charge in [0.05, 0.1) is 13.3 Å². The monoisotopic (exact) mass is 218 g/mol. The lowest BCUT2D eigenvalue weighted by atomic mass is 10.1. The van der Waals surface area contributed by atoms with Gasteiger partial charge >= 0.3 is 5.97 Å². The fraction of sp³-hybridized carbons (Fsp3) is 0.917. The number of esters is 1. The van der Waals surface area contributed by atoms with Gasteiger partial charge in [0, 0.05) is 6.92 Å². The Morgan fingerprint density at radius 3 is 1.87 bits per heavy atom. The predicted octanol–water partition coefficient (Wildman–Crippen LogP) is 3.64. The maximum atomic E-state index is 11.7. The first-order valence-electron chi connectivity index (χ1n) is 5.96. The van der Waals surface area contributed by atoms with Crippen molar-refractivity contribution in [3.63, 3.8) is 0 Å². The van der Waals surface area contributed by atoms with E-state index in [2.05, 4.69) is 0 Å². The van der Waals surface area contributed by atoms with Gasteiger partial charge in [0.15, 0.2) is 0 Å². The summed E-state index contributed by atoms with van der Waals surface area (Å²) in [7, 11) is 0. The molecule has 15 heavy (non-hydrogen) atoms. The summed E-state index contributed by atoms with van der Waals surface area (Å²) in [5.74, 6) is -0.193. The van der Waals surface area contributed by atoms with E-state index in [9.17, 15) is 9.18 Å². The number of hydrogen-bond acceptors (Lipinski definition) is 2. The molecule has 2 nitrogen and oxygen atoms in total. The number of alkyl halides is 1. The third kappa shape index (κ3) is 13.4. The highest BCUT2D eigenvalue weighted by atomic mass is 19.1. The minimum atomic E-state index is -0.193. The van der Waals surface area contributed by atoms with Gasteiger partial charge in [0.25, 0.3) is 0 Å². The standard InChI is InChI=1S/C12H23FO2/c1-12(14)15-11-9-7-5-3-2-4-6-8-10-13/h2-11H2,1H3. The first kappa shape index (κ1) is 14.4. The molecule has 0 aromatic heterocycles. The number of carbonyl (C=O) groups is 1. The number of ether oxygens (including phenoxy) is 1. The maximum Gasteiger partial charge on any atom is 0.302 e. The number of rotatable bonds is 10. The van der Waals surface area contributed by atoms with Crippen molar-refractivity contribution in [1.29, 1.82) is 0 Å². The topological polar surface area (TPSA) is 26.3 Å². The molecule has 0 N–H and O–H groups in total. The molecular weight excluding hydrogens is 195 g/mol. The molecule has 0 saturated carbocycles. The van der Waals surface area contributed by atoms with Crippen LogP contribution in [-0.2, 0) is 9.53 Å². The zero-order valence-corrected chi connectivity index (χ0v) is 9.77. The number of hydrogen-bond donors (Lipinski definition) is 0. The molecule has 0 aliphatic carbocycles. The first-order valence-corrected chi connectivity index (χ1v) is 5.96. The molecule has 0 aromatic carbocycles. The third-order valence-corrected chi connectivity index (χ3v) is 2.33. The average molecular weight is 218 g/mol. The molecule has 0 aromatic rings. The Morgan fingerprint density at radius 2 is 1.40 bits per heavy atom. The van der Waals surface area contributed by atoms with Crippen LogP contribution in [0, 0.1) is 0 Å². The SMILES string of the molecule is CC(=O)OCCCCCCCCCCF. The minimum Gasteiger partial charge on any atom is -0.466 e. The summed E-state index contributed by atoms with van der Waals surface area (Å²) in [4.78, 5) is 10.4. The van der Waals surface area contributed by atoms with Crippen LogP contribution in [0.5, 0.6) is 0 Å². The highest BCUT2D eigenvalue weighted by Gasteiger charge is 1.94. The van der Waals surface area contributed by atoms with Gasteiger partial charge in [-0.25, -0.2) is 0 Å². The van der Waals surface area contributed by atoms with Gasteiger partial charge in [-0.15, -0.1) is 0 Å². The van der Waals surface area contributed by atoms with Crippen LogP contribution in [-0.4, -0.2) is 19.3 Å². The first-order chi connectivity index (χ1) is 7.27. The number of unbranched alkanes of at least 4 members (excludes halogenated alkanes) is 7. The summed E-state index contributed by atoms with van der Waals surface area (Å²) in [5, 5.41) is 0. The van der Waals surface area contributed by atoms with Crippen molar-refractivity contribution in [1.82, 2.24) is 0 Å². The van der Waals surface area contributed by atoms with Gasteiger partial charge in [-0.1, -0.05) is 38.5 Å². The molecule has 0 aliphatic rings. The summed E-state index contributed by atoms with van der Waals surface area (Å²) in [6.07, 6.45) is 8.57. The second-order valence-corrected chi connectivity index (χ2v) is 3.86. The van der Waals surface area contributed by atoms with Gasteiger partial charge in [0.2, 0.25) is 0 Å². The Labute approximate surface area is 92.2 Å². The van der Waals surface area contributed by atoms with Gasteiger partial charge in [-0.05, 0) is 12.8 Å². The lowest BCUT2D eigenvalue weighted by Crippen LogP contribution is -2.00. The summed E-state index contributed by atoms with van der Waals surface area (Å²) in [6, 6.07) is 0. The Hall–Kier alpha value is -0.600. The number of carbonyl (C=O) groups excluding carboxylic acids is 1. The molecule has 0 aliphatic heterocycles. The van der Waals surface area contributed by atoms with Crippen LogP contribution in [0.1, 0.15) is 58.3 Å². The van der Waals surface area contributed by atoms with Crippen LogP contribution in [0.2, 0.25) is 0 Å². The van der Waals surface area contributed by atoms with Crippen molar-refractivity contribution in [3.8, 4) is 0 Å². The molecule has 0 amide bonds. The van der Waals surface area contributed by atoms with Crippen LogP contribution in [0.3, 0.4) is 0 Å². The molecule has 0 spiro atoms. The van der Waals surface area contributed by atoms with Crippen molar-refractivity contribution in [2.24, 2.45) is 0 Å². The fourth-order valence-electron chi connectivity index (χ4n) is 1.47. The molecule has 0 rings (SSSR count). The van der Waals surface area contributed by atoms with Crippen LogP contribution in [0.25, 0.3) is 0 Å². The molecule has 3 heteroatoms. The Bertz CT molecular complexity index is 149. The van der Waals surface area contributed by atoms with E-state index in [0.717, 1.165) is 25.7 Å². The van der Waals surface area contributed by atoms with Crippen molar-refractivity contribution in [3.05, 3.63) is 0 Å². The van der Waals surface area contributed by atoms with Gasteiger partial charge in [0.1, 0.15) is 0 Å². The smallest absolute Gasteiger partial charge is 0.302 e. The summed E-state index contributed by atoms with van der Waals surface area (Å²) in [5.41, 5.74) is 0. The molecule has 0 saturated heterocycles. The zero-order valence-electron chi connectivity index (χ0n) is 9.77. The lowest BCUT2D eigenvalue weighted by molar-refractivity contribution is -0.141. The average Bonchev–Trinajstić information content (AvgIpc) is 2.20. The van der Waals surface area contributed by atoms with Gasteiger partial charge in [-0.2, -0.15) is 0 Å². The molecule has 0 radical (unpaired) electrons. The highest BCUT2D eigenvalue weighted by Crippen LogP contribution is 2.08. The van der Waals surface area contributed by atoms with E-state index in [1.807, 2.05) is 0 Å². The quantitative estimate of drug-likeness (QED) is 0.413. The minimum absolute atomic E-state index is 0.178. The molecule has 90 valence electrons. The second kappa shape index (κ2) is 11.5. The van der Waals surface area contributed by atoms with Crippen LogP contribution in [0.15, 0.2) is 0 Å². The molecule has 0 heterocycles. The normalized spacial score (nSPS) is 10.3. The Morgan fingerprint density at radius 1 is 0.933 bits per heavy atom. The van der Waals surface area contributed by atoms with E-state index in [4.69, 9.17) is 4.74 Å². The summed E-state index contributed by atoms with van der Waals surface area (Å²) >= 11 is 0. The van der Waals surface area contributed by atoms with E-state index in [1.54, 1.807) is 0 Å². The van der Waals surface area contributed by atoms with E-state index in [1.165, 1.54) is 26.2 Å². The molecule has 0 atom stereocenters. The zero-order chi connectivity index (χ0) is 11.4. The lowest BCUT2D eigenvalue weighted by Gasteiger charge is -2.02. The third-order valence-electron chi connectivity index (χ3n) is 2.33. The summed E-state index contributed by atoms with van der Waals surface area (Å²) < 4.78 is 16.6.